The van der Waals surface area contributed by atoms with Crippen LogP contribution in [0.1, 0.15) is 23.0 Å². The standard InChI is InChI=1S/C21H21N5O5/c1-4-31-20(27)14-8-10-15(11-9-14)24-21-22-13(2)18(26(28)29)19(25-21)23-16-6-5-7-17(12-16)30-3/h5-12H,4H2,1-3H3,(H2,22,23,24,25). The van der Waals surface area contributed by atoms with Crippen molar-refractivity contribution in [2.75, 3.05) is 24.4 Å². The molecule has 0 aliphatic heterocycles. The van der Waals surface area contributed by atoms with Gasteiger partial charge in [-0.2, -0.15) is 4.98 Å². The first-order valence-electron chi connectivity index (χ1n) is 9.39. The fraction of sp³-hybridized carbons (Fsp3) is 0.190. The number of aryl methyl sites for hydroxylation is 1. The lowest BCUT2D eigenvalue weighted by Crippen LogP contribution is -2.08. The molecule has 1 aromatic heterocycles. The van der Waals surface area contributed by atoms with Gasteiger partial charge in [-0.15, -0.1) is 0 Å². The van der Waals surface area contributed by atoms with Crippen LogP contribution in [-0.4, -0.2) is 34.6 Å². The molecule has 31 heavy (non-hydrogen) atoms. The quantitative estimate of drug-likeness (QED) is 0.308. The Balaban J connectivity index is 1.89. The van der Waals surface area contributed by atoms with Crippen molar-refractivity contribution in [1.29, 1.82) is 0 Å². The van der Waals surface area contributed by atoms with Crippen LogP contribution in [0, 0.1) is 17.0 Å². The Bertz CT molecular complexity index is 1100. The highest BCUT2D eigenvalue weighted by Crippen LogP contribution is 2.31. The van der Waals surface area contributed by atoms with Gasteiger partial charge in [-0.3, -0.25) is 10.1 Å². The highest BCUT2D eigenvalue weighted by atomic mass is 16.6. The second-order valence-electron chi connectivity index (χ2n) is 6.37. The maximum atomic E-state index is 11.8. The van der Waals surface area contributed by atoms with Crippen molar-refractivity contribution in [3.8, 4) is 5.75 Å². The van der Waals surface area contributed by atoms with Gasteiger partial charge in [0.05, 0.1) is 24.2 Å². The molecule has 3 aromatic rings. The molecule has 160 valence electrons. The number of methoxy groups -OCH3 is 1. The summed E-state index contributed by atoms with van der Waals surface area (Å²) in [5.74, 6) is 0.383. The maximum Gasteiger partial charge on any atom is 0.338 e. The van der Waals surface area contributed by atoms with Crippen LogP contribution in [0.25, 0.3) is 0 Å². The number of nitro groups is 1. The Morgan fingerprint density at radius 2 is 1.84 bits per heavy atom. The zero-order valence-electron chi connectivity index (χ0n) is 17.2. The first-order valence-corrected chi connectivity index (χ1v) is 9.39. The molecule has 10 heteroatoms. The molecule has 2 aromatic carbocycles. The van der Waals surface area contributed by atoms with Crippen LogP contribution in [0.15, 0.2) is 48.5 Å². The number of ether oxygens (including phenoxy) is 2. The van der Waals surface area contributed by atoms with Gasteiger partial charge in [0, 0.05) is 17.4 Å². The second kappa shape index (κ2) is 9.53. The number of nitrogens with one attached hydrogen (secondary N) is 2. The van der Waals surface area contributed by atoms with Crippen molar-refractivity contribution in [2.45, 2.75) is 13.8 Å². The first kappa shape index (κ1) is 21.5. The minimum Gasteiger partial charge on any atom is -0.497 e. The molecule has 2 N–H and O–H groups in total. The third kappa shape index (κ3) is 5.24. The number of benzene rings is 2. The van der Waals surface area contributed by atoms with Crippen LogP contribution in [0.4, 0.5) is 28.8 Å². The topological polar surface area (TPSA) is 129 Å². The van der Waals surface area contributed by atoms with E-state index in [9.17, 15) is 14.9 Å². The molecule has 0 saturated heterocycles. The lowest BCUT2D eigenvalue weighted by Gasteiger charge is -2.12. The van der Waals surface area contributed by atoms with E-state index in [1.807, 2.05) is 0 Å². The molecule has 0 atom stereocenters. The van der Waals surface area contributed by atoms with Gasteiger partial charge in [-0.1, -0.05) is 6.07 Å². The Hall–Kier alpha value is -4.21. The highest BCUT2D eigenvalue weighted by molar-refractivity contribution is 5.89. The van der Waals surface area contributed by atoms with E-state index >= 15 is 0 Å². The number of carbonyl (C=O) groups excluding carboxylic acids is 1. The Morgan fingerprint density at radius 3 is 2.48 bits per heavy atom. The van der Waals surface area contributed by atoms with Crippen LogP contribution >= 0.6 is 0 Å². The number of anilines is 4. The average Bonchev–Trinajstić information content (AvgIpc) is 2.74. The van der Waals surface area contributed by atoms with Crippen molar-refractivity contribution in [3.05, 3.63) is 69.9 Å². The first-order chi connectivity index (χ1) is 14.9. The van der Waals surface area contributed by atoms with E-state index in [0.717, 1.165) is 0 Å². The largest absolute Gasteiger partial charge is 0.497 e. The predicted octanol–water partition coefficient (Wildman–Crippen LogP) is 4.37. The highest BCUT2D eigenvalue weighted by Gasteiger charge is 2.22. The molecule has 0 unspecified atom stereocenters. The summed E-state index contributed by atoms with van der Waals surface area (Å²) >= 11 is 0. The molecule has 3 rings (SSSR count). The summed E-state index contributed by atoms with van der Waals surface area (Å²) in [6.07, 6.45) is 0. The van der Waals surface area contributed by atoms with E-state index in [1.54, 1.807) is 55.5 Å². The smallest absolute Gasteiger partial charge is 0.338 e. The third-order valence-corrected chi connectivity index (χ3v) is 4.23. The van der Waals surface area contributed by atoms with Crippen LogP contribution < -0.4 is 15.4 Å². The zero-order valence-corrected chi connectivity index (χ0v) is 17.2. The van der Waals surface area contributed by atoms with E-state index < -0.39 is 10.9 Å². The second-order valence-corrected chi connectivity index (χ2v) is 6.37. The van der Waals surface area contributed by atoms with E-state index in [0.29, 0.717) is 22.7 Å². The third-order valence-electron chi connectivity index (χ3n) is 4.23. The molecule has 0 aliphatic rings. The summed E-state index contributed by atoms with van der Waals surface area (Å²) < 4.78 is 10.1. The van der Waals surface area contributed by atoms with Crippen molar-refractivity contribution in [1.82, 2.24) is 9.97 Å². The normalized spacial score (nSPS) is 10.3. The lowest BCUT2D eigenvalue weighted by molar-refractivity contribution is -0.385. The zero-order chi connectivity index (χ0) is 22.4. The lowest BCUT2D eigenvalue weighted by atomic mass is 10.2. The van der Waals surface area contributed by atoms with Crippen LogP contribution in [0.5, 0.6) is 5.75 Å². The van der Waals surface area contributed by atoms with Crippen LogP contribution in [0.3, 0.4) is 0 Å². The number of carbonyl (C=O) groups is 1. The maximum absolute atomic E-state index is 11.8. The molecule has 1 heterocycles. The summed E-state index contributed by atoms with van der Waals surface area (Å²) in [7, 11) is 1.53. The van der Waals surface area contributed by atoms with Crippen LogP contribution in [0.2, 0.25) is 0 Å². The van der Waals surface area contributed by atoms with Gasteiger partial charge in [0.15, 0.2) is 0 Å². The Morgan fingerprint density at radius 1 is 1.10 bits per heavy atom. The molecule has 0 spiro atoms. The molecule has 0 amide bonds. The number of nitrogens with zero attached hydrogens (tertiary/aromatic N) is 3. The van der Waals surface area contributed by atoms with Crippen LogP contribution in [-0.2, 0) is 4.74 Å². The number of rotatable bonds is 8. The number of esters is 1. The molecular weight excluding hydrogens is 402 g/mol. The summed E-state index contributed by atoms with van der Waals surface area (Å²) in [6.45, 7) is 3.56. The fourth-order valence-electron chi connectivity index (χ4n) is 2.80. The predicted molar refractivity (Wildman–Crippen MR) is 115 cm³/mol. The van der Waals surface area contributed by atoms with Gasteiger partial charge in [0.1, 0.15) is 11.4 Å². The molecule has 0 radical (unpaired) electrons. The van der Waals surface area contributed by atoms with E-state index in [2.05, 4.69) is 20.6 Å². The Labute approximate surface area is 178 Å². The molecular formula is C21H21N5O5. The summed E-state index contributed by atoms with van der Waals surface area (Å²) in [4.78, 5) is 31.3. The molecule has 0 saturated carbocycles. The van der Waals surface area contributed by atoms with Gasteiger partial charge in [0.25, 0.3) is 0 Å². The number of hydrogen-bond acceptors (Lipinski definition) is 9. The van der Waals surface area contributed by atoms with Gasteiger partial charge >= 0.3 is 11.7 Å². The van der Waals surface area contributed by atoms with Crippen molar-refractivity contribution in [2.24, 2.45) is 0 Å². The summed E-state index contributed by atoms with van der Waals surface area (Å²) in [5.41, 5.74) is 1.55. The minimum atomic E-state index is -0.532. The van der Waals surface area contributed by atoms with Crippen molar-refractivity contribution >= 4 is 34.8 Å². The number of aromatic nitrogens is 2. The minimum absolute atomic E-state index is 0.0383. The summed E-state index contributed by atoms with van der Waals surface area (Å²) in [6, 6.07) is 13.5. The fourth-order valence-corrected chi connectivity index (χ4v) is 2.80. The molecule has 10 nitrogen and oxygen atoms in total. The van der Waals surface area contributed by atoms with E-state index in [-0.39, 0.29) is 29.8 Å². The molecule has 0 fully saturated rings. The molecule has 0 bridgehead atoms. The Kier molecular flexibility index (Phi) is 6.61. The van der Waals surface area contributed by atoms with Crippen molar-refractivity contribution in [3.63, 3.8) is 0 Å². The van der Waals surface area contributed by atoms with Gasteiger partial charge in [-0.25, -0.2) is 9.78 Å². The van der Waals surface area contributed by atoms with Crippen molar-refractivity contribution < 1.29 is 19.2 Å². The average molecular weight is 423 g/mol. The van der Waals surface area contributed by atoms with E-state index in [4.69, 9.17) is 9.47 Å². The van der Waals surface area contributed by atoms with Gasteiger partial charge in [-0.05, 0) is 50.2 Å². The SMILES string of the molecule is CCOC(=O)c1ccc(Nc2nc(C)c([N+](=O)[O-])c(Nc3cccc(OC)c3)n2)cc1. The summed E-state index contributed by atoms with van der Waals surface area (Å²) in [5, 5.41) is 17.5. The van der Waals surface area contributed by atoms with Gasteiger partial charge < -0.3 is 20.1 Å². The monoisotopic (exact) mass is 423 g/mol. The molecule has 0 aliphatic carbocycles. The van der Waals surface area contributed by atoms with Gasteiger partial charge in [0.2, 0.25) is 11.8 Å². The number of hydrogen-bond donors (Lipinski definition) is 2. The van der Waals surface area contributed by atoms with E-state index in [1.165, 1.54) is 14.0 Å².